The Balaban J connectivity index is 1.86. The van der Waals surface area contributed by atoms with E-state index < -0.39 is 27.2 Å². The fourth-order valence-electron chi connectivity index (χ4n) is 2.51. The Labute approximate surface area is 146 Å². The van der Waals surface area contributed by atoms with E-state index in [0.717, 1.165) is 17.5 Å². The molecule has 0 fully saturated rings. The highest BCUT2D eigenvalue weighted by Gasteiger charge is 2.25. The summed E-state index contributed by atoms with van der Waals surface area (Å²) in [6.45, 7) is 1.13. The van der Waals surface area contributed by atoms with Gasteiger partial charge in [-0.1, -0.05) is 18.2 Å². The molecule has 9 heteroatoms. The zero-order chi connectivity index (χ0) is 18.8. The first kappa shape index (κ1) is 17.1. The summed E-state index contributed by atoms with van der Waals surface area (Å²) in [5, 5.41) is 22.9. The number of fused-ring (bicyclic) bond motifs is 1. The summed E-state index contributed by atoms with van der Waals surface area (Å²) in [5.41, 5.74) is -0.689. The van der Waals surface area contributed by atoms with Crippen LogP contribution in [0.4, 0.5) is 11.4 Å². The van der Waals surface area contributed by atoms with E-state index in [2.05, 4.69) is 0 Å². The fraction of sp³-hybridized carbons (Fsp3) is 0.118. The van der Waals surface area contributed by atoms with E-state index >= 15 is 0 Å². The SMILES string of the molecule is Cc1c(C(=O)OCc2cc3ccccc3o2)cc([N+](=O)[O-])cc1[N+](=O)[O-]. The lowest BCUT2D eigenvalue weighted by Crippen LogP contribution is -2.09. The predicted molar refractivity (Wildman–Crippen MR) is 89.8 cm³/mol. The van der Waals surface area contributed by atoms with Gasteiger partial charge < -0.3 is 9.15 Å². The van der Waals surface area contributed by atoms with Gasteiger partial charge in [-0.25, -0.2) is 4.79 Å². The van der Waals surface area contributed by atoms with Crippen LogP contribution in [0, 0.1) is 27.2 Å². The molecule has 0 saturated carbocycles. The molecule has 0 atom stereocenters. The number of rotatable bonds is 5. The number of ether oxygens (including phenoxy) is 1. The number of hydrogen-bond acceptors (Lipinski definition) is 7. The second kappa shape index (κ2) is 6.63. The molecule has 0 bridgehead atoms. The third-order valence-electron chi connectivity index (χ3n) is 3.81. The van der Waals surface area contributed by atoms with Crippen LogP contribution in [0.25, 0.3) is 11.0 Å². The van der Waals surface area contributed by atoms with E-state index in [1.54, 1.807) is 18.2 Å². The van der Waals surface area contributed by atoms with E-state index in [0.29, 0.717) is 11.3 Å². The van der Waals surface area contributed by atoms with Crippen molar-refractivity contribution in [3.05, 3.63) is 79.6 Å². The first-order valence-corrected chi connectivity index (χ1v) is 7.45. The van der Waals surface area contributed by atoms with Crippen LogP contribution in [0.2, 0.25) is 0 Å². The van der Waals surface area contributed by atoms with Gasteiger partial charge in [0.05, 0.1) is 21.5 Å². The van der Waals surface area contributed by atoms with Crippen molar-refractivity contribution in [3.8, 4) is 0 Å². The number of esters is 1. The molecule has 1 aromatic heterocycles. The number of carbonyl (C=O) groups excluding carboxylic acids is 1. The Morgan fingerprint density at radius 2 is 1.85 bits per heavy atom. The Morgan fingerprint density at radius 1 is 1.12 bits per heavy atom. The van der Waals surface area contributed by atoms with Gasteiger partial charge in [0.15, 0.2) is 0 Å². The smallest absolute Gasteiger partial charge is 0.339 e. The number of carbonyl (C=O) groups is 1. The highest BCUT2D eigenvalue weighted by molar-refractivity contribution is 5.93. The predicted octanol–water partition coefficient (Wildman–Crippen LogP) is 3.91. The standard InChI is InChI=1S/C17H12N2O7/c1-10-14(7-12(18(21)22)8-15(10)19(23)24)17(20)25-9-13-6-11-4-2-3-5-16(11)26-13/h2-8H,9H2,1H3. The maximum absolute atomic E-state index is 12.3. The lowest BCUT2D eigenvalue weighted by atomic mass is 10.1. The minimum absolute atomic E-state index is 0.00444. The summed E-state index contributed by atoms with van der Waals surface area (Å²) in [6.07, 6.45) is 0. The van der Waals surface area contributed by atoms with Gasteiger partial charge in [-0.05, 0) is 19.1 Å². The summed E-state index contributed by atoms with van der Waals surface area (Å²) in [5.74, 6) is -0.521. The summed E-state index contributed by atoms with van der Waals surface area (Å²) >= 11 is 0. The van der Waals surface area contributed by atoms with Gasteiger partial charge in [0.1, 0.15) is 18.0 Å². The number of nitro groups is 2. The van der Waals surface area contributed by atoms with Crippen molar-refractivity contribution in [2.75, 3.05) is 0 Å². The average Bonchev–Trinajstić information content (AvgIpc) is 3.02. The Bertz CT molecular complexity index is 1010. The van der Waals surface area contributed by atoms with E-state index in [1.165, 1.54) is 6.92 Å². The summed E-state index contributed by atoms with van der Waals surface area (Å²) in [6, 6.07) is 10.7. The molecule has 26 heavy (non-hydrogen) atoms. The number of para-hydroxylation sites is 1. The average molecular weight is 356 g/mol. The maximum Gasteiger partial charge on any atom is 0.339 e. The zero-order valence-corrected chi connectivity index (χ0v) is 13.5. The third-order valence-corrected chi connectivity index (χ3v) is 3.81. The molecule has 132 valence electrons. The van der Waals surface area contributed by atoms with Gasteiger partial charge in [-0.3, -0.25) is 20.2 Å². The van der Waals surface area contributed by atoms with E-state index in [-0.39, 0.29) is 17.7 Å². The molecular formula is C17H12N2O7. The molecule has 2 aromatic carbocycles. The number of nitrogens with zero attached hydrogens (tertiary/aromatic N) is 2. The maximum atomic E-state index is 12.3. The number of nitro benzene ring substituents is 2. The van der Waals surface area contributed by atoms with Crippen molar-refractivity contribution in [1.82, 2.24) is 0 Å². The number of benzene rings is 2. The largest absolute Gasteiger partial charge is 0.457 e. The molecule has 0 aliphatic carbocycles. The van der Waals surface area contributed by atoms with Crippen molar-refractivity contribution in [2.45, 2.75) is 13.5 Å². The quantitative estimate of drug-likeness (QED) is 0.385. The summed E-state index contributed by atoms with van der Waals surface area (Å²) in [4.78, 5) is 32.7. The van der Waals surface area contributed by atoms with Gasteiger partial charge in [0, 0.05) is 17.0 Å². The zero-order valence-electron chi connectivity index (χ0n) is 13.5. The molecule has 0 amide bonds. The molecule has 0 spiro atoms. The van der Waals surface area contributed by atoms with Gasteiger partial charge in [-0.15, -0.1) is 0 Å². The Kier molecular flexibility index (Phi) is 4.36. The Hall–Kier alpha value is -3.75. The third kappa shape index (κ3) is 3.22. The van der Waals surface area contributed by atoms with Crippen LogP contribution in [-0.2, 0) is 11.3 Å². The number of non-ortho nitro benzene ring substituents is 1. The minimum Gasteiger partial charge on any atom is -0.457 e. The molecule has 0 saturated heterocycles. The van der Waals surface area contributed by atoms with Gasteiger partial charge in [0.25, 0.3) is 11.4 Å². The van der Waals surface area contributed by atoms with Crippen LogP contribution in [0.1, 0.15) is 21.7 Å². The van der Waals surface area contributed by atoms with E-state index in [9.17, 15) is 25.0 Å². The topological polar surface area (TPSA) is 126 Å². The van der Waals surface area contributed by atoms with Crippen LogP contribution in [0.5, 0.6) is 0 Å². The first-order chi connectivity index (χ1) is 12.4. The highest BCUT2D eigenvalue weighted by Crippen LogP contribution is 2.29. The number of hydrogen-bond donors (Lipinski definition) is 0. The molecular weight excluding hydrogens is 344 g/mol. The lowest BCUT2D eigenvalue weighted by molar-refractivity contribution is -0.394. The lowest BCUT2D eigenvalue weighted by Gasteiger charge is -2.06. The fourth-order valence-corrected chi connectivity index (χ4v) is 2.51. The normalized spacial score (nSPS) is 10.7. The number of furan rings is 1. The van der Waals surface area contributed by atoms with Crippen LogP contribution < -0.4 is 0 Å². The second-order valence-electron chi connectivity index (χ2n) is 5.48. The molecule has 3 aromatic rings. The second-order valence-corrected chi connectivity index (χ2v) is 5.48. The first-order valence-electron chi connectivity index (χ1n) is 7.45. The molecule has 0 radical (unpaired) electrons. The molecule has 0 aliphatic rings. The van der Waals surface area contributed by atoms with Gasteiger partial charge in [0.2, 0.25) is 0 Å². The summed E-state index contributed by atoms with van der Waals surface area (Å²) in [7, 11) is 0. The molecule has 3 rings (SSSR count). The molecule has 0 unspecified atom stereocenters. The minimum atomic E-state index is -0.908. The monoisotopic (exact) mass is 356 g/mol. The van der Waals surface area contributed by atoms with Crippen molar-refractivity contribution >= 4 is 28.3 Å². The van der Waals surface area contributed by atoms with Crippen molar-refractivity contribution in [2.24, 2.45) is 0 Å². The van der Waals surface area contributed by atoms with Crippen molar-refractivity contribution < 1.29 is 23.8 Å². The van der Waals surface area contributed by atoms with Gasteiger partial charge in [-0.2, -0.15) is 0 Å². The Morgan fingerprint density at radius 3 is 2.50 bits per heavy atom. The molecule has 1 heterocycles. The van der Waals surface area contributed by atoms with Crippen LogP contribution in [-0.4, -0.2) is 15.8 Å². The molecule has 0 aliphatic heterocycles. The highest BCUT2D eigenvalue weighted by atomic mass is 16.6. The summed E-state index contributed by atoms with van der Waals surface area (Å²) < 4.78 is 10.6. The van der Waals surface area contributed by atoms with E-state index in [1.807, 2.05) is 12.1 Å². The molecule has 0 N–H and O–H groups in total. The molecule has 9 nitrogen and oxygen atoms in total. The van der Waals surface area contributed by atoms with Crippen molar-refractivity contribution in [3.63, 3.8) is 0 Å². The van der Waals surface area contributed by atoms with E-state index in [4.69, 9.17) is 9.15 Å². The van der Waals surface area contributed by atoms with Crippen molar-refractivity contribution in [1.29, 1.82) is 0 Å². The van der Waals surface area contributed by atoms with Crippen LogP contribution >= 0.6 is 0 Å². The van der Waals surface area contributed by atoms with Crippen LogP contribution in [0.15, 0.2) is 46.9 Å². The van der Waals surface area contributed by atoms with Gasteiger partial charge >= 0.3 is 5.97 Å². The van der Waals surface area contributed by atoms with Crippen LogP contribution in [0.3, 0.4) is 0 Å².